The second-order valence-electron chi connectivity index (χ2n) is 4.04. The first kappa shape index (κ1) is 16.2. The molecular formula is C12H12F5NO2. The van der Waals surface area contributed by atoms with E-state index in [2.05, 4.69) is 0 Å². The number of carbonyl (C=O) groups is 1. The average molecular weight is 297 g/mol. The van der Waals surface area contributed by atoms with Crippen molar-refractivity contribution in [1.82, 2.24) is 5.32 Å². The molecule has 0 spiro atoms. The summed E-state index contributed by atoms with van der Waals surface area (Å²) in [5, 5.41) is 1.63. The number of nitrogens with one attached hydrogen (secondary N) is 1. The van der Waals surface area contributed by atoms with Crippen LogP contribution in [0.3, 0.4) is 0 Å². The zero-order valence-corrected chi connectivity index (χ0v) is 10.6. The molecule has 1 aromatic rings. The maximum Gasteiger partial charge on any atom is 0.463 e. The van der Waals surface area contributed by atoms with Gasteiger partial charge in [-0.2, -0.15) is 22.0 Å². The number of ether oxygens (including phenoxy) is 1. The summed E-state index contributed by atoms with van der Waals surface area (Å²) in [6.07, 6.45) is -5.92. The third kappa shape index (κ3) is 3.37. The molecule has 0 radical (unpaired) electrons. The van der Waals surface area contributed by atoms with Gasteiger partial charge in [-0.1, -0.05) is 12.1 Å². The number of rotatable bonds is 4. The van der Waals surface area contributed by atoms with Crippen LogP contribution in [0.1, 0.15) is 18.5 Å². The van der Waals surface area contributed by atoms with Crippen molar-refractivity contribution in [2.45, 2.75) is 25.1 Å². The van der Waals surface area contributed by atoms with E-state index in [4.69, 9.17) is 4.74 Å². The van der Waals surface area contributed by atoms with E-state index < -0.39 is 24.0 Å². The predicted molar refractivity (Wildman–Crippen MR) is 60.6 cm³/mol. The Kier molecular flexibility index (Phi) is 4.57. The van der Waals surface area contributed by atoms with E-state index in [0.717, 1.165) is 0 Å². The highest BCUT2D eigenvalue weighted by Gasteiger charge is 2.63. The summed E-state index contributed by atoms with van der Waals surface area (Å²) in [5.41, 5.74) is 0.372. The van der Waals surface area contributed by atoms with Crippen molar-refractivity contribution >= 4 is 5.91 Å². The van der Waals surface area contributed by atoms with E-state index in [1.54, 1.807) is 5.32 Å². The van der Waals surface area contributed by atoms with Crippen molar-refractivity contribution < 1.29 is 31.5 Å². The van der Waals surface area contributed by atoms with Crippen molar-refractivity contribution in [3.05, 3.63) is 29.8 Å². The lowest BCUT2D eigenvalue weighted by Crippen LogP contribution is -2.50. The maximum absolute atomic E-state index is 12.8. The van der Waals surface area contributed by atoms with Gasteiger partial charge in [0.15, 0.2) is 0 Å². The molecule has 0 fully saturated rings. The molecule has 1 N–H and O–H groups in total. The second kappa shape index (κ2) is 5.64. The van der Waals surface area contributed by atoms with Crippen LogP contribution in [-0.2, 0) is 4.79 Å². The molecular weight excluding hydrogens is 285 g/mol. The van der Waals surface area contributed by atoms with Crippen LogP contribution >= 0.6 is 0 Å². The molecule has 0 saturated carbocycles. The molecule has 0 bridgehead atoms. The third-order valence-corrected chi connectivity index (χ3v) is 2.60. The zero-order chi connectivity index (χ0) is 15.6. The minimum Gasteiger partial charge on any atom is -0.497 e. The van der Waals surface area contributed by atoms with Gasteiger partial charge in [0, 0.05) is 0 Å². The molecule has 0 aliphatic carbocycles. The summed E-state index contributed by atoms with van der Waals surface area (Å²) < 4.78 is 66.4. The van der Waals surface area contributed by atoms with Gasteiger partial charge in [-0.05, 0) is 24.6 Å². The van der Waals surface area contributed by atoms with Crippen molar-refractivity contribution in [1.29, 1.82) is 0 Å². The van der Waals surface area contributed by atoms with Gasteiger partial charge < -0.3 is 10.1 Å². The molecule has 20 heavy (non-hydrogen) atoms. The first-order chi connectivity index (χ1) is 9.09. The summed E-state index contributed by atoms with van der Waals surface area (Å²) in [4.78, 5) is 11.0. The smallest absolute Gasteiger partial charge is 0.463 e. The standard InChI is InChI=1S/C12H12F5NO2/c1-7(8-3-5-9(20-2)6-4-8)18-10(19)11(13,14)12(15,16)17/h3-7H,1-2H3,(H,18,19)/t7-/m0/s1. The minimum absolute atomic E-state index is 0.372. The van der Waals surface area contributed by atoms with Gasteiger partial charge in [-0.15, -0.1) is 0 Å². The molecule has 0 saturated heterocycles. The van der Waals surface area contributed by atoms with Crippen LogP contribution in [0.2, 0.25) is 0 Å². The van der Waals surface area contributed by atoms with Gasteiger partial charge in [0.25, 0.3) is 0 Å². The number of amides is 1. The Hall–Kier alpha value is -1.86. The summed E-state index contributed by atoms with van der Waals surface area (Å²) >= 11 is 0. The Bertz CT molecular complexity index is 470. The molecule has 1 rings (SSSR count). The number of benzene rings is 1. The first-order valence-electron chi connectivity index (χ1n) is 5.49. The molecule has 1 aromatic carbocycles. The molecule has 8 heteroatoms. The lowest BCUT2D eigenvalue weighted by molar-refractivity contribution is -0.270. The van der Waals surface area contributed by atoms with Crippen LogP contribution in [0.5, 0.6) is 5.75 Å². The fourth-order valence-corrected chi connectivity index (χ4v) is 1.39. The van der Waals surface area contributed by atoms with Gasteiger partial charge in [-0.3, -0.25) is 4.79 Å². The molecule has 0 aliphatic rings. The normalized spacial score (nSPS) is 13.8. The number of hydrogen-bond acceptors (Lipinski definition) is 2. The summed E-state index contributed by atoms with van der Waals surface area (Å²) in [6.45, 7) is 1.30. The minimum atomic E-state index is -5.92. The highest BCUT2D eigenvalue weighted by molar-refractivity contribution is 5.84. The lowest BCUT2D eigenvalue weighted by Gasteiger charge is -2.21. The predicted octanol–water partition coefficient (Wildman–Crippen LogP) is 3.07. The second-order valence-corrected chi connectivity index (χ2v) is 4.04. The lowest BCUT2D eigenvalue weighted by atomic mass is 10.1. The summed E-state index contributed by atoms with van der Waals surface area (Å²) in [6, 6.07) is 4.91. The van der Waals surface area contributed by atoms with E-state index in [1.165, 1.54) is 38.3 Å². The van der Waals surface area contributed by atoms with Gasteiger partial charge in [0.1, 0.15) is 5.75 Å². The average Bonchev–Trinajstić information content (AvgIpc) is 2.37. The van der Waals surface area contributed by atoms with Crippen LogP contribution in [0.15, 0.2) is 24.3 Å². The zero-order valence-electron chi connectivity index (χ0n) is 10.6. The molecule has 0 aliphatic heterocycles. The Morgan fingerprint density at radius 3 is 2.05 bits per heavy atom. The molecule has 0 unspecified atom stereocenters. The molecule has 1 amide bonds. The number of carbonyl (C=O) groups excluding carboxylic acids is 1. The van der Waals surface area contributed by atoms with Gasteiger partial charge in [-0.25, -0.2) is 0 Å². The van der Waals surface area contributed by atoms with Gasteiger partial charge in [0.2, 0.25) is 0 Å². The van der Waals surface area contributed by atoms with E-state index in [0.29, 0.717) is 11.3 Å². The molecule has 3 nitrogen and oxygen atoms in total. The topological polar surface area (TPSA) is 38.3 Å². The molecule has 0 heterocycles. The largest absolute Gasteiger partial charge is 0.497 e. The monoisotopic (exact) mass is 297 g/mol. The number of methoxy groups -OCH3 is 1. The van der Waals surface area contributed by atoms with E-state index in [-0.39, 0.29) is 0 Å². The first-order valence-corrected chi connectivity index (χ1v) is 5.49. The van der Waals surface area contributed by atoms with Crippen molar-refractivity contribution in [2.75, 3.05) is 7.11 Å². The summed E-state index contributed by atoms with van der Waals surface area (Å²) in [7, 11) is 1.42. The van der Waals surface area contributed by atoms with Gasteiger partial charge in [0.05, 0.1) is 13.2 Å². The Labute approximate surface area is 111 Å². The van der Waals surface area contributed by atoms with Gasteiger partial charge >= 0.3 is 18.0 Å². The van der Waals surface area contributed by atoms with Crippen LogP contribution in [-0.4, -0.2) is 25.1 Å². The Balaban J connectivity index is 2.79. The molecule has 1 atom stereocenters. The SMILES string of the molecule is COc1ccc([C@H](C)NC(=O)C(F)(F)C(F)(F)F)cc1. The van der Waals surface area contributed by atoms with Crippen LogP contribution in [0.4, 0.5) is 22.0 Å². The van der Waals surface area contributed by atoms with Crippen LogP contribution in [0.25, 0.3) is 0 Å². The number of hydrogen-bond donors (Lipinski definition) is 1. The van der Waals surface area contributed by atoms with Crippen molar-refractivity contribution in [3.8, 4) is 5.75 Å². The van der Waals surface area contributed by atoms with Crippen molar-refractivity contribution in [3.63, 3.8) is 0 Å². The number of alkyl halides is 5. The Morgan fingerprint density at radius 1 is 1.15 bits per heavy atom. The van der Waals surface area contributed by atoms with Crippen LogP contribution in [0, 0.1) is 0 Å². The quantitative estimate of drug-likeness (QED) is 0.867. The summed E-state index contributed by atoms with van der Waals surface area (Å²) in [5.74, 6) is -7.31. The highest BCUT2D eigenvalue weighted by atomic mass is 19.4. The van der Waals surface area contributed by atoms with E-state index in [1.807, 2.05) is 0 Å². The van der Waals surface area contributed by atoms with E-state index >= 15 is 0 Å². The third-order valence-electron chi connectivity index (χ3n) is 2.60. The van der Waals surface area contributed by atoms with Crippen LogP contribution < -0.4 is 10.1 Å². The molecule has 112 valence electrons. The fraction of sp³-hybridized carbons (Fsp3) is 0.417. The Morgan fingerprint density at radius 2 is 1.65 bits per heavy atom. The van der Waals surface area contributed by atoms with E-state index in [9.17, 15) is 26.7 Å². The fourth-order valence-electron chi connectivity index (χ4n) is 1.39. The van der Waals surface area contributed by atoms with Crippen molar-refractivity contribution in [2.24, 2.45) is 0 Å². The highest BCUT2D eigenvalue weighted by Crippen LogP contribution is 2.36. The number of halogens is 5. The molecule has 0 aromatic heterocycles. The maximum atomic E-state index is 12.8.